The first-order valence-electron chi connectivity index (χ1n) is 9.15. The van der Waals surface area contributed by atoms with Crippen LogP contribution in [-0.2, 0) is 22.4 Å². The predicted molar refractivity (Wildman–Crippen MR) is 109 cm³/mol. The van der Waals surface area contributed by atoms with Gasteiger partial charge < -0.3 is 4.74 Å². The lowest BCUT2D eigenvalue weighted by Gasteiger charge is -2.09. The largest absolute Gasteiger partial charge is 0.497 e. The van der Waals surface area contributed by atoms with Gasteiger partial charge in [-0.05, 0) is 48.7 Å². The Morgan fingerprint density at radius 2 is 1.67 bits per heavy atom. The molecule has 0 spiro atoms. The summed E-state index contributed by atoms with van der Waals surface area (Å²) in [7, 11) is -1.52. The van der Waals surface area contributed by atoms with Crippen molar-refractivity contribution < 1.29 is 26.3 Å². The molecule has 0 saturated heterocycles. The minimum Gasteiger partial charge on any atom is -0.497 e. The van der Waals surface area contributed by atoms with Crippen LogP contribution in [0.4, 0.5) is 13.2 Å². The molecule has 1 aromatic heterocycles. The summed E-state index contributed by atoms with van der Waals surface area (Å²) in [5, 5.41) is 3.77. The van der Waals surface area contributed by atoms with Crippen molar-refractivity contribution in [3.63, 3.8) is 0 Å². The van der Waals surface area contributed by atoms with Crippen molar-refractivity contribution in [1.29, 1.82) is 0 Å². The molecule has 2 aromatic carbocycles. The first-order chi connectivity index (χ1) is 14.1. The fourth-order valence-corrected chi connectivity index (χ4v) is 3.69. The molecule has 0 unspecified atom stereocenters. The zero-order valence-corrected chi connectivity index (χ0v) is 17.3. The second-order valence-electron chi connectivity index (χ2n) is 6.95. The highest BCUT2D eigenvalue weighted by Crippen LogP contribution is 2.33. The van der Waals surface area contributed by atoms with E-state index >= 15 is 0 Å². The van der Waals surface area contributed by atoms with Gasteiger partial charge in [-0.15, -0.1) is 0 Å². The molecule has 1 heterocycles. The van der Waals surface area contributed by atoms with Crippen molar-refractivity contribution in [2.45, 2.75) is 19.0 Å². The molecule has 0 radical (unpaired) electrons. The molecule has 0 aliphatic carbocycles. The fourth-order valence-electron chi connectivity index (χ4n) is 3.03. The van der Waals surface area contributed by atoms with E-state index in [1.54, 1.807) is 48.5 Å². The number of nitrogens with zero attached hydrogens (tertiary/aromatic N) is 2. The van der Waals surface area contributed by atoms with Crippen molar-refractivity contribution in [2.75, 3.05) is 19.1 Å². The van der Waals surface area contributed by atoms with Crippen molar-refractivity contribution in [3.8, 4) is 22.7 Å². The molecule has 9 heteroatoms. The maximum absolute atomic E-state index is 13.3. The van der Waals surface area contributed by atoms with E-state index in [0.717, 1.165) is 11.6 Å². The summed E-state index contributed by atoms with van der Waals surface area (Å²) in [5.74, 6) is 0.676. The lowest BCUT2D eigenvalue weighted by Crippen LogP contribution is -2.07. The number of ether oxygens (including phenoxy) is 1. The van der Waals surface area contributed by atoms with Gasteiger partial charge in [-0.3, -0.25) is 0 Å². The average molecular weight is 438 g/mol. The molecule has 3 rings (SSSR count). The van der Waals surface area contributed by atoms with E-state index in [4.69, 9.17) is 4.74 Å². The summed E-state index contributed by atoms with van der Waals surface area (Å²) < 4.78 is 68.7. The minimum atomic E-state index is -4.57. The number of sulfone groups is 1. The predicted octanol–water partition coefficient (Wildman–Crippen LogP) is 4.54. The van der Waals surface area contributed by atoms with E-state index in [1.165, 1.54) is 18.0 Å². The van der Waals surface area contributed by atoms with Crippen LogP contribution in [0, 0.1) is 0 Å². The Labute approximate surface area is 173 Å². The summed E-state index contributed by atoms with van der Waals surface area (Å²) in [6.07, 6.45) is -2.33. The number of benzene rings is 2. The molecule has 5 nitrogen and oxygen atoms in total. The molecule has 0 fully saturated rings. The number of aryl methyl sites for hydroxylation is 1. The van der Waals surface area contributed by atoms with E-state index in [2.05, 4.69) is 5.10 Å². The minimum absolute atomic E-state index is 0.0912. The number of hydrogen-bond acceptors (Lipinski definition) is 4. The molecular formula is C21H21F3N2O3S. The second-order valence-corrected chi connectivity index (χ2v) is 9.21. The van der Waals surface area contributed by atoms with Crippen LogP contribution in [0.5, 0.6) is 5.75 Å². The smallest absolute Gasteiger partial charge is 0.435 e. The molecule has 0 aliphatic rings. The average Bonchev–Trinajstić information content (AvgIpc) is 3.13. The van der Waals surface area contributed by atoms with Crippen LogP contribution >= 0.6 is 0 Å². The molecule has 0 amide bonds. The third kappa shape index (κ3) is 5.41. The Morgan fingerprint density at radius 1 is 1.03 bits per heavy atom. The molecule has 30 heavy (non-hydrogen) atoms. The van der Waals surface area contributed by atoms with E-state index in [-0.39, 0.29) is 5.75 Å². The van der Waals surface area contributed by atoms with Crippen LogP contribution in [0.1, 0.15) is 17.7 Å². The molecular weight excluding hydrogens is 417 g/mol. The van der Waals surface area contributed by atoms with Crippen molar-refractivity contribution in [2.24, 2.45) is 0 Å². The summed E-state index contributed by atoms with van der Waals surface area (Å²) in [6.45, 7) is 0. The van der Waals surface area contributed by atoms with Gasteiger partial charge in [-0.25, -0.2) is 13.1 Å². The lowest BCUT2D eigenvalue weighted by atomic mass is 10.1. The van der Waals surface area contributed by atoms with Gasteiger partial charge in [0.1, 0.15) is 15.6 Å². The van der Waals surface area contributed by atoms with Gasteiger partial charge in [0, 0.05) is 11.8 Å². The number of methoxy groups -OCH3 is 1. The SMILES string of the molecule is COc1ccc(-n2nc(C(F)(F)F)cc2-c2ccc(CCCS(C)(=O)=O)cc2)cc1. The first kappa shape index (κ1) is 21.9. The van der Waals surface area contributed by atoms with Crippen molar-refractivity contribution in [1.82, 2.24) is 9.78 Å². The summed E-state index contributed by atoms with van der Waals surface area (Å²) >= 11 is 0. The molecule has 160 valence electrons. The molecule has 0 bridgehead atoms. The van der Waals surface area contributed by atoms with Crippen LogP contribution in [-0.4, -0.2) is 37.3 Å². The first-order valence-corrected chi connectivity index (χ1v) is 11.2. The molecule has 3 aromatic rings. The van der Waals surface area contributed by atoms with Gasteiger partial charge in [-0.2, -0.15) is 18.3 Å². The van der Waals surface area contributed by atoms with E-state index in [0.29, 0.717) is 35.5 Å². The van der Waals surface area contributed by atoms with E-state index in [1.807, 2.05) is 0 Å². The molecule has 0 atom stereocenters. The molecule has 0 aliphatic heterocycles. The van der Waals surface area contributed by atoms with Gasteiger partial charge in [0.25, 0.3) is 0 Å². The standard InChI is InChI=1S/C21H21F3N2O3S/c1-29-18-11-9-17(10-12-18)26-19(14-20(25-26)21(22,23)24)16-7-5-15(6-8-16)4-3-13-30(2,27)28/h5-12,14H,3-4,13H2,1-2H3. The Hall–Kier alpha value is -2.81. The van der Waals surface area contributed by atoms with Crippen LogP contribution in [0.2, 0.25) is 0 Å². The van der Waals surface area contributed by atoms with Crippen molar-refractivity contribution >= 4 is 9.84 Å². The summed E-state index contributed by atoms with van der Waals surface area (Å²) in [5.41, 5.74) is 1.27. The number of alkyl halides is 3. The van der Waals surface area contributed by atoms with Crippen LogP contribution in [0.25, 0.3) is 16.9 Å². The van der Waals surface area contributed by atoms with E-state index < -0.39 is 21.7 Å². The molecule has 0 N–H and O–H groups in total. The Kier molecular flexibility index (Phi) is 6.21. The highest BCUT2D eigenvalue weighted by Gasteiger charge is 2.35. The van der Waals surface area contributed by atoms with Gasteiger partial charge in [-0.1, -0.05) is 24.3 Å². The third-order valence-electron chi connectivity index (χ3n) is 4.55. The summed E-state index contributed by atoms with van der Waals surface area (Å²) in [4.78, 5) is 0. The topological polar surface area (TPSA) is 61.2 Å². The van der Waals surface area contributed by atoms with Gasteiger partial charge >= 0.3 is 6.18 Å². The van der Waals surface area contributed by atoms with Crippen LogP contribution in [0.15, 0.2) is 54.6 Å². The van der Waals surface area contributed by atoms with Gasteiger partial charge in [0.2, 0.25) is 0 Å². The second kappa shape index (κ2) is 8.51. The third-order valence-corrected chi connectivity index (χ3v) is 5.58. The normalized spacial score (nSPS) is 12.2. The Morgan fingerprint density at radius 3 is 2.20 bits per heavy atom. The van der Waals surface area contributed by atoms with E-state index in [9.17, 15) is 21.6 Å². The lowest BCUT2D eigenvalue weighted by molar-refractivity contribution is -0.141. The maximum atomic E-state index is 13.3. The van der Waals surface area contributed by atoms with Crippen LogP contribution in [0.3, 0.4) is 0 Å². The summed E-state index contributed by atoms with van der Waals surface area (Å²) in [6, 6.07) is 14.6. The number of aromatic nitrogens is 2. The maximum Gasteiger partial charge on any atom is 0.435 e. The zero-order chi connectivity index (χ0) is 21.9. The van der Waals surface area contributed by atoms with Crippen LogP contribution < -0.4 is 4.74 Å². The molecule has 0 saturated carbocycles. The quantitative estimate of drug-likeness (QED) is 0.543. The van der Waals surface area contributed by atoms with Gasteiger partial charge in [0.05, 0.1) is 24.2 Å². The number of hydrogen-bond donors (Lipinski definition) is 0. The Balaban J connectivity index is 1.92. The van der Waals surface area contributed by atoms with Gasteiger partial charge in [0.15, 0.2) is 5.69 Å². The fraction of sp³-hybridized carbons (Fsp3) is 0.286. The monoisotopic (exact) mass is 438 g/mol. The zero-order valence-electron chi connectivity index (χ0n) is 16.5. The van der Waals surface area contributed by atoms with Crippen molar-refractivity contribution in [3.05, 3.63) is 65.9 Å². The highest BCUT2D eigenvalue weighted by atomic mass is 32.2. The Bertz CT molecular complexity index is 1100. The highest BCUT2D eigenvalue weighted by molar-refractivity contribution is 7.90. The number of halogens is 3. The number of rotatable bonds is 7.